The fourth-order valence-corrected chi connectivity index (χ4v) is 4.14. The minimum Gasteiger partial charge on any atom is -0.339 e. The lowest BCUT2D eigenvalue weighted by Crippen LogP contribution is -2.31. The molecule has 0 radical (unpaired) electrons. The summed E-state index contributed by atoms with van der Waals surface area (Å²) in [4.78, 5) is 19.5. The minimum absolute atomic E-state index is 0. The Morgan fingerprint density at radius 2 is 1.83 bits per heavy atom. The summed E-state index contributed by atoms with van der Waals surface area (Å²) in [6.07, 6.45) is 8.47. The average molecular weight is 410 g/mol. The number of hydrogen-bond acceptors (Lipinski definition) is 3. The van der Waals surface area contributed by atoms with Crippen LogP contribution >= 0.6 is 12.4 Å². The molecule has 1 amide bonds. The number of rotatable bonds is 2. The van der Waals surface area contributed by atoms with Gasteiger partial charge in [-0.15, -0.1) is 12.4 Å². The van der Waals surface area contributed by atoms with Crippen LogP contribution in [0.2, 0.25) is 0 Å². The van der Waals surface area contributed by atoms with E-state index in [1.807, 2.05) is 69.8 Å². The Bertz CT molecular complexity index is 1170. The Morgan fingerprint density at radius 1 is 1.03 bits per heavy atom. The van der Waals surface area contributed by atoms with Crippen molar-refractivity contribution in [2.24, 2.45) is 7.05 Å². The molecule has 29 heavy (non-hydrogen) atoms. The van der Waals surface area contributed by atoms with Gasteiger partial charge in [-0.05, 0) is 43.2 Å². The highest BCUT2D eigenvalue weighted by atomic mass is 35.5. The van der Waals surface area contributed by atoms with E-state index in [9.17, 15) is 4.79 Å². The van der Waals surface area contributed by atoms with E-state index in [-0.39, 0.29) is 18.3 Å². The van der Waals surface area contributed by atoms with Crippen molar-refractivity contribution < 1.29 is 4.79 Å². The Balaban J connectivity index is 0.00000205. The lowest BCUT2D eigenvalue weighted by atomic mass is 10.1. The highest BCUT2D eigenvalue weighted by molar-refractivity contribution is 6.01. The largest absolute Gasteiger partial charge is 0.339 e. The summed E-state index contributed by atoms with van der Waals surface area (Å²) in [5.41, 5.74) is 4.42. The maximum Gasteiger partial charge on any atom is 0.253 e. The van der Waals surface area contributed by atoms with E-state index in [0.717, 1.165) is 59.4 Å². The molecule has 0 aliphatic carbocycles. The SMILES string of the molecule is Cl.Cn1nc(-c2cnc3ccccn23)c2ccc(C(=O)N3CCCCCC3)cc21. The maximum atomic E-state index is 13.0. The first-order chi connectivity index (χ1) is 13.7. The molecule has 1 fully saturated rings. The molecule has 0 N–H and O–H groups in total. The maximum absolute atomic E-state index is 13.0. The molecule has 150 valence electrons. The van der Waals surface area contributed by atoms with Gasteiger partial charge in [-0.1, -0.05) is 18.9 Å². The van der Waals surface area contributed by atoms with Crippen molar-refractivity contribution in [3.63, 3.8) is 0 Å². The smallest absolute Gasteiger partial charge is 0.253 e. The van der Waals surface area contributed by atoms with Crippen molar-refractivity contribution in [2.75, 3.05) is 13.1 Å². The lowest BCUT2D eigenvalue weighted by Gasteiger charge is -2.20. The molecule has 6 nitrogen and oxygen atoms in total. The van der Waals surface area contributed by atoms with Crippen LogP contribution in [0, 0.1) is 0 Å². The molecule has 0 atom stereocenters. The Labute approximate surface area is 175 Å². The molecule has 0 spiro atoms. The Kier molecular flexibility index (Phi) is 5.28. The fraction of sp³-hybridized carbons (Fsp3) is 0.318. The van der Waals surface area contributed by atoms with Crippen molar-refractivity contribution in [1.29, 1.82) is 0 Å². The fourth-order valence-electron chi connectivity index (χ4n) is 4.14. The zero-order valence-corrected chi connectivity index (χ0v) is 17.2. The summed E-state index contributed by atoms with van der Waals surface area (Å²) in [5.74, 6) is 0.126. The second-order valence-electron chi connectivity index (χ2n) is 7.48. The molecule has 1 aliphatic heterocycles. The highest BCUT2D eigenvalue weighted by Crippen LogP contribution is 2.29. The number of nitrogens with zero attached hydrogens (tertiary/aromatic N) is 5. The second kappa shape index (κ2) is 7.87. The molecule has 0 unspecified atom stereocenters. The third kappa shape index (κ3) is 3.38. The zero-order chi connectivity index (χ0) is 19.1. The van der Waals surface area contributed by atoms with E-state index >= 15 is 0 Å². The number of likely N-dealkylation sites (tertiary alicyclic amines) is 1. The molecule has 0 saturated carbocycles. The summed E-state index contributed by atoms with van der Waals surface area (Å²) >= 11 is 0. The predicted octanol–water partition coefficient (Wildman–Crippen LogP) is 4.33. The van der Waals surface area contributed by atoms with Gasteiger partial charge in [-0.2, -0.15) is 5.10 Å². The van der Waals surface area contributed by atoms with Crippen molar-refractivity contribution >= 4 is 34.9 Å². The van der Waals surface area contributed by atoms with Crippen molar-refractivity contribution in [1.82, 2.24) is 24.1 Å². The first-order valence-corrected chi connectivity index (χ1v) is 9.91. The van der Waals surface area contributed by atoms with Crippen molar-refractivity contribution in [2.45, 2.75) is 25.7 Å². The number of imidazole rings is 1. The minimum atomic E-state index is 0. The van der Waals surface area contributed by atoms with Gasteiger partial charge < -0.3 is 4.90 Å². The van der Waals surface area contributed by atoms with Gasteiger partial charge in [0.05, 0.1) is 17.4 Å². The number of carbonyl (C=O) groups is 1. The van der Waals surface area contributed by atoms with Gasteiger partial charge in [0.2, 0.25) is 0 Å². The van der Waals surface area contributed by atoms with Gasteiger partial charge in [-0.25, -0.2) is 4.98 Å². The first kappa shape index (κ1) is 19.5. The van der Waals surface area contributed by atoms with Crippen LogP contribution in [0.15, 0.2) is 48.8 Å². The number of aromatic nitrogens is 4. The van der Waals surface area contributed by atoms with E-state index in [1.54, 1.807) is 0 Å². The van der Waals surface area contributed by atoms with Gasteiger partial charge in [0, 0.05) is 37.3 Å². The summed E-state index contributed by atoms with van der Waals surface area (Å²) in [6.45, 7) is 1.71. The number of fused-ring (bicyclic) bond motifs is 2. The summed E-state index contributed by atoms with van der Waals surface area (Å²) < 4.78 is 3.89. The van der Waals surface area contributed by atoms with Crippen LogP contribution in [0.3, 0.4) is 0 Å². The van der Waals surface area contributed by atoms with E-state index in [4.69, 9.17) is 5.10 Å². The molecule has 0 bridgehead atoms. The Morgan fingerprint density at radius 3 is 2.62 bits per heavy atom. The average Bonchev–Trinajstić information content (AvgIpc) is 3.16. The van der Waals surface area contributed by atoms with Crippen LogP contribution in [0.5, 0.6) is 0 Å². The molecule has 1 saturated heterocycles. The number of amides is 1. The number of benzene rings is 1. The van der Waals surface area contributed by atoms with E-state index < -0.39 is 0 Å². The summed E-state index contributed by atoms with van der Waals surface area (Å²) in [7, 11) is 1.93. The number of aryl methyl sites for hydroxylation is 1. The zero-order valence-electron chi connectivity index (χ0n) is 16.4. The van der Waals surface area contributed by atoms with Gasteiger partial charge in [-0.3, -0.25) is 13.9 Å². The van der Waals surface area contributed by atoms with Gasteiger partial charge >= 0.3 is 0 Å². The molecule has 5 rings (SSSR count). The highest BCUT2D eigenvalue weighted by Gasteiger charge is 2.20. The van der Waals surface area contributed by atoms with Gasteiger partial charge in [0.1, 0.15) is 11.3 Å². The van der Waals surface area contributed by atoms with Crippen LogP contribution in [0.25, 0.3) is 27.9 Å². The van der Waals surface area contributed by atoms with Gasteiger partial charge in [0.15, 0.2) is 0 Å². The number of hydrogen-bond donors (Lipinski definition) is 0. The Hall–Kier alpha value is -2.86. The lowest BCUT2D eigenvalue weighted by molar-refractivity contribution is 0.0762. The van der Waals surface area contributed by atoms with E-state index in [0.29, 0.717) is 0 Å². The van der Waals surface area contributed by atoms with Crippen LogP contribution in [0.1, 0.15) is 36.0 Å². The van der Waals surface area contributed by atoms with Gasteiger partial charge in [0.25, 0.3) is 5.91 Å². The van der Waals surface area contributed by atoms with Crippen molar-refractivity contribution in [3.05, 3.63) is 54.4 Å². The second-order valence-corrected chi connectivity index (χ2v) is 7.48. The topological polar surface area (TPSA) is 55.4 Å². The van der Waals surface area contributed by atoms with E-state index in [1.165, 1.54) is 12.8 Å². The van der Waals surface area contributed by atoms with Crippen LogP contribution in [-0.4, -0.2) is 43.1 Å². The molecule has 4 heterocycles. The third-order valence-electron chi connectivity index (χ3n) is 5.65. The normalized spacial score (nSPS) is 14.7. The molecular weight excluding hydrogens is 386 g/mol. The van der Waals surface area contributed by atoms with Crippen LogP contribution in [-0.2, 0) is 7.05 Å². The quantitative estimate of drug-likeness (QED) is 0.495. The molecule has 7 heteroatoms. The predicted molar refractivity (Wildman–Crippen MR) is 117 cm³/mol. The first-order valence-electron chi connectivity index (χ1n) is 9.91. The molecule has 1 aromatic carbocycles. The monoisotopic (exact) mass is 409 g/mol. The third-order valence-corrected chi connectivity index (χ3v) is 5.65. The number of pyridine rings is 1. The molecular formula is C22H24ClN5O. The number of halogens is 1. The van der Waals surface area contributed by atoms with Crippen LogP contribution in [0.4, 0.5) is 0 Å². The standard InChI is InChI=1S/C22H23N5O.ClH/c1-25-18-14-16(22(28)26-11-5-2-3-6-12-26)9-10-17(18)21(24-25)19-15-23-20-8-4-7-13-27(19)20;/h4,7-10,13-15H,2-3,5-6,11-12H2,1H3;1H. The molecule has 3 aromatic heterocycles. The van der Waals surface area contributed by atoms with Crippen molar-refractivity contribution in [3.8, 4) is 11.4 Å². The summed E-state index contributed by atoms with van der Waals surface area (Å²) in [6, 6.07) is 11.9. The van der Waals surface area contributed by atoms with Crippen LogP contribution < -0.4 is 0 Å². The number of carbonyl (C=O) groups excluding carboxylic acids is 1. The van der Waals surface area contributed by atoms with E-state index in [2.05, 4.69) is 4.98 Å². The summed E-state index contributed by atoms with van der Waals surface area (Å²) in [5, 5.41) is 5.77. The molecule has 4 aromatic rings. The molecule has 1 aliphatic rings.